The predicted molar refractivity (Wildman–Crippen MR) is 254 cm³/mol. The number of fused-ring (bicyclic) bond motifs is 7. The van der Waals surface area contributed by atoms with Crippen LogP contribution in [-0.4, -0.2) is 0 Å². The molecule has 11 aromatic rings. The van der Waals surface area contributed by atoms with Gasteiger partial charge in [0.25, 0.3) is 0 Å². The van der Waals surface area contributed by atoms with Crippen LogP contribution in [0, 0.1) is 0 Å². The Balaban J connectivity index is 1.05. The van der Waals surface area contributed by atoms with Crippen molar-refractivity contribution in [3.63, 3.8) is 0 Å². The van der Waals surface area contributed by atoms with Gasteiger partial charge in [-0.15, -0.1) is 0 Å². The number of rotatable bonds is 7. The lowest BCUT2D eigenvalue weighted by molar-refractivity contribution is 0.669. The van der Waals surface area contributed by atoms with Crippen LogP contribution < -0.4 is 4.90 Å². The third-order valence-corrected chi connectivity index (χ3v) is 12.8. The van der Waals surface area contributed by atoms with Crippen molar-refractivity contribution >= 4 is 49.8 Å². The first kappa shape index (κ1) is 35.0. The molecule has 0 fully saturated rings. The fraction of sp³-hybridized carbons (Fsp3) is 0.0169. The Hall–Kier alpha value is -7.94. The van der Waals surface area contributed by atoms with Gasteiger partial charge < -0.3 is 9.32 Å². The van der Waals surface area contributed by atoms with Gasteiger partial charge in [0, 0.05) is 27.8 Å². The highest BCUT2D eigenvalue weighted by molar-refractivity contribution is 6.12. The highest BCUT2D eigenvalue weighted by Gasteiger charge is 2.46. The van der Waals surface area contributed by atoms with Crippen LogP contribution in [0.4, 0.5) is 17.1 Å². The lowest BCUT2D eigenvalue weighted by Gasteiger charge is -2.35. The van der Waals surface area contributed by atoms with Gasteiger partial charge in [-0.05, 0) is 115 Å². The quantitative estimate of drug-likeness (QED) is 0.160. The van der Waals surface area contributed by atoms with Gasteiger partial charge in [-0.25, -0.2) is 0 Å². The largest absolute Gasteiger partial charge is 0.456 e. The van der Waals surface area contributed by atoms with Crippen molar-refractivity contribution in [1.82, 2.24) is 0 Å². The lowest BCUT2D eigenvalue weighted by Crippen LogP contribution is -2.28. The van der Waals surface area contributed by atoms with Crippen LogP contribution in [0.2, 0.25) is 0 Å². The summed E-state index contributed by atoms with van der Waals surface area (Å²) in [6.07, 6.45) is 0. The van der Waals surface area contributed by atoms with Crippen molar-refractivity contribution in [3.8, 4) is 33.4 Å². The first-order valence-electron chi connectivity index (χ1n) is 21.0. The molecule has 2 nitrogen and oxygen atoms in total. The van der Waals surface area contributed by atoms with Crippen LogP contribution in [-0.2, 0) is 5.41 Å². The third kappa shape index (κ3) is 5.50. The highest BCUT2D eigenvalue weighted by atomic mass is 16.3. The van der Waals surface area contributed by atoms with Gasteiger partial charge >= 0.3 is 0 Å². The highest BCUT2D eigenvalue weighted by Crippen LogP contribution is 2.57. The molecular weight excluding hydrogens is 739 g/mol. The summed E-state index contributed by atoms with van der Waals surface area (Å²) < 4.78 is 6.29. The van der Waals surface area contributed by atoms with E-state index >= 15 is 0 Å². The van der Waals surface area contributed by atoms with Gasteiger partial charge in [0.2, 0.25) is 0 Å². The van der Waals surface area contributed by atoms with E-state index in [1.54, 1.807) is 0 Å². The summed E-state index contributed by atoms with van der Waals surface area (Å²) in [6, 6.07) is 86.1. The van der Waals surface area contributed by atoms with Crippen molar-refractivity contribution < 1.29 is 4.42 Å². The minimum absolute atomic E-state index is 0.510. The molecule has 12 rings (SSSR count). The molecule has 286 valence electrons. The summed E-state index contributed by atoms with van der Waals surface area (Å²) in [6.45, 7) is 0. The molecule has 0 aliphatic heterocycles. The average molecular weight is 778 g/mol. The molecule has 0 unspecified atom stereocenters. The molecule has 0 N–H and O–H groups in total. The van der Waals surface area contributed by atoms with Gasteiger partial charge in [-0.3, -0.25) is 0 Å². The first-order valence-corrected chi connectivity index (χ1v) is 21.0. The van der Waals surface area contributed by atoms with E-state index in [-0.39, 0.29) is 0 Å². The van der Waals surface area contributed by atoms with E-state index in [2.05, 4.69) is 229 Å². The minimum atomic E-state index is -0.510. The van der Waals surface area contributed by atoms with E-state index in [0.29, 0.717) is 0 Å². The summed E-state index contributed by atoms with van der Waals surface area (Å²) in [5.41, 5.74) is 16.9. The zero-order valence-electron chi connectivity index (χ0n) is 33.4. The summed E-state index contributed by atoms with van der Waals surface area (Å²) in [5, 5.41) is 4.76. The molecule has 0 saturated carbocycles. The monoisotopic (exact) mass is 777 g/mol. The zero-order valence-corrected chi connectivity index (χ0v) is 33.4. The number of para-hydroxylation sites is 1. The second-order valence-corrected chi connectivity index (χ2v) is 16.0. The maximum absolute atomic E-state index is 6.29. The minimum Gasteiger partial charge on any atom is -0.456 e. The van der Waals surface area contributed by atoms with Crippen molar-refractivity contribution in [3.05, 3.63) is 259 Å². The van der Waals surface area contributed by atoms with E-state index in [0.717, 1.165) is 50.1 Å². The van der Waals surface area contributed by atoms with Gasteiger partial charge in [0.05, 0.1) is 5.41 Å². The van der Waals surface area contributed by atoms with E-state index < -0.39 is 5.41 Å². The summed E-state index contributed by atoms with van der Waals surface area (Å²) in [5.74, 6) is 0. The summed E-state index contributed by atoms with van der Waals surface area (Å²) in [4.78, 5) is 2.41. The van der Waals surface area contributed by atoms with E-state index in [9.17, 15) is 0 Å². The Bertz CT molecular complexity index is 3360. The summed E-state index contributed by atoms with van der Waals surface area (Å²) in [7, 11) is 0. The van der Waals surface area contributed by atoms with E-state index in [1.165, 1.54) is 55.3 Å². The second kappa shape index (κ2) is 14.1. The lowest BCUT2D eigenvalue weighted by atomic mass is 9.67. The molecule has 0 radical (unpaired) electrons. The number of hydrogen-bond donors (Lipinski definition) is 0. The molecular formula is C59H39NO. The van der Waals surface area contributed by atoms with Gasteiger partial charge in [-0.1, -0.05) is 188 Å². The molecule has 10 aromatic carbocycles. The Kier molecular flexibility index (Phi) is 8.11. The number of hydrogen-bond acceptors (Lipinski definition) is 2. The fourth-order valence-corrected chi connectivity index (χ4v) is 10.1. The Labute approximate surface area is 355 Å². The zero-order chi connectivity index (χ0) is 40.3. The van der Waals surface area contributed by atoms with Crippen LogP contribution >= 0.6 is 0 Å². The van der Waals surface area contributed by atoms with E-state index in [4.69, 9.17) is 4.42 Å². The topological polar surface area (TPSA) is 16.4 Å². The van der Waals surface area contributed by atoms with Crippen LogP contribution in [0.1, 0.15) is 22.3 Å². The Morgan fingerprint density at radius 3 is 1.57 bits per heavy atom. The molecule has 0 saturated heterocycles. The number of furan rings is 1. The Morgan fingerprint density at radius 2 is 0.836 bits per heavy atom. The molecule has 0 bridgehead atoms. The van der Waals surface area contributed by atoms with Crippen LogP contribution in [0.3, 0.4) is 0 Å². The molecule has 0 spiro atoms. The molecule has 1 aromatic heterocycles. The fourth-order valence-electron chi connectivity index (χ4n) is 10.1. The molecule has 0 amide bonds. The SMILES string of the molecule is c1ccc(C2(c3ccccc3)c3ccccc3-c3ccc(N(c4ccc(-c5cccc6ccccc56)cc4)c4ccc(-c5cccc6oc7ccccc7c56)cc4)cc32)cc1. The van der Waals surface area contributed by atoms with Gasteiger partial charge in [0.15, 0.2) is 0 Å². The smallest absolute Gasteiger partial charge is 0.136 e. The normalized spacial score (nSPS) is 12.7. The van der Waals surface area contributed by atoms with Crippen LogP contribution in [0.5, 0.6) is 0 Å². The van der Waals surface area contributed by atoms with Gasteiger partial charge in [-0.2, -0.15) is 0 Å². The average Bonchev–Trinajstić information content (AvgIpc) is 3.86. The van der Waals surface area contributed by atoms with Crippen molar-refractivity contribution in [2.24, 2.45) is 0 Å². The standard InChI is InChI=1S/C59H39NO/c1-3-17-43(18-4-1)59(44-19-5-2-6-20-44)54-26-11-9-22-51(54)52-38-37-47(39-55(52)59)60(45-33-29-41(30-34-45)49-24-13-16-40-15-7-8-21-48(40)49)46-35-31-42(32-36-46)50-25-14-28-57-58(50)53-23-10-12-27-56(53)61-57/h1-39H. The Morgan fingerprint density at radius 1 is 0.328 bits per heavy atom. The predicted octanol–water partition coefficient (Wildman–Crippen LogP) is 15.9. The molecule has 0 atom stereocenters. The molecule has 1 aliphatic rings. The third-order valence-electron chi connectivity index (χ3n) is 12.8. The van der Waals surface area contributed by atoms with Crippen molar-refractivity contribution in [1.29, 1.82) is 0 Å². The second-order valence-electron chi connectivity index (χ2n) is 16.0. The van der Waals surface area contributed by atoms with Crippen LogP contribution in [0.25, 0.3) is 66.1 Å². The van der Waals surface area contributed by atoms with E-state index in [1.807, 2.05) is 12.1 Å². The molecule has 61 heavy (non-hydrogen) atoms. The maximum atomic E-state index is 6.29. The number of nitrogens with zero attached hydrogens (tertiary/aromatic N) is 1. The van der Waals surface area contributed by atoms with Crippen LogP contribution in [0.15, 0.2) is 241 Å². The number of benzene rings is 10. The maximum Gasteiger partial charge on any atom is 0.136 e. The first-order chi connectivity index (χ1) is 30.3. The number of anilines is 3. The van der Waals surface area contributed by atoms with Crippen molar-refractivity contribution in [2.45, 2.75) is 5.41 Å². The van der Waals surface area contributed by atoms with Crippen molar-refractivity contribution in [2.75, 3.05) is 4.90 Å². The molecule has 1 heterocycles. The van der Waals surface area contributed by atoms with Gasteiger partial charge in [0.1, 0.15) is 11.2 Å². The molecule has 2 heteroatoms. The summed E-state index contributed by atoms with van der Waals surface area (Å²) >= 11 is 0. The molecule has 1 aliphatic carbocycles.